The normalized spacial score (nSPS) is 19.8. The summed E-state index contributed by atoms with van der Waals surface area (Å²) in [5, 5.41) is 14.8. The number of halogens is 1. The number of aliphatic hydroxyl groups is 1. The fourth-order valence-electron chi connectivity index (χ4n) is 4.65. The lowest BCUT2D eigenvalue weighted by Gasteiger charge is -2.27. The van der Waals surface area contributed by atoms with E-state index in [1.165, 1.54) is 12.8 Å². The largest absolute Gasteiger partial charge is 0.439 e. The number of aromatic amines is 1. The van der Waals surface area contributed by atoms with E-state index in [9.17, 15) is 9.90 Å². The minimum atomic E-state index is -0.763. The lowest BCUT2D eigenvalue weighted by atomic mass is 9.83. The van der Waals surface area contributed by atoms with Crippen molar-refractivity contribution in [3.05, 3.63) is 45.9 Å². The summed E-state index contributed by atoms with van der Waals surface area (Å²) >= 11 is 6.24. The minimum absolute atomic E-state index is 0.201. The van der Waals surface area contributed by atoms with E-state index in [-0.39, 0.29) is 5.82 Å². The highest BCUT2D eigenvalue weighted by Gasteiger charge is 2.25. The van der Waals surface area contributed by atoms with E-state index in [1.54, 1.807) is 31.5 Å². The monoisotopic (exact) mass is 468 g/mol. The smallest absolute Gasteiger partial charge is 0.385 e. The predicted octanol–water partition coefficient (Wildman–Crippen LogP) is 4.37. The highest BCUT2D eigenvalue weighted by molar-refractivity contribution is 6.30. The Morgan fingerprint density at radius 1 is 1.24 bits per heavy atom. The second-order valence-electron chi connectivity index (χ2n) is 8.94. The minimum Gasteiger partial charge on any atom is -0.385 e. The predicted molar refractivity (Wildman–Crippen MR) is 124 cm³/mol. The van der Waals surface area contributed by atoms with E-state index in [1.807, 2.05) is 0 Å². The van der Waals surface area contributed by atoms with Gasteiger partial charge < -0.3 is 9.67 Å². The maximum absolute atomic E-state index is 11.5. The molecule has 1 fully saturated rings. The van der Waals surface area contributed by atoms with Gasteiger partial charge in [-0.1, -0.05) is 36.5 Å². The van der Waals surface area contributed by atoms with E-state index in [0.29, 0.717) is 39.2 Å². The van der Waals surface area contributed by atoms with Crippen molar-refractivity contribution >= 4 is 22.6 Å². The van der Waals surface area contributed by atoms with Gasteiger partial charge in [0.2, 0.25) is 5.82 Å². The van der Waals surface area contributed by atoms with Crippen LogP contribution in [0.2, 0.25) is 5.02 Å². The molecule has 9 nitrogen and oxygen atoms in total. The SMILES string of the molecule is CC1CCC(Cn2c(C(C)O)nc3cc(-c4noc(=O)[nH]4)nc(-c4cncc(Cl)c4)c32)CC1. The molecule has 4 heterocycles. The molecule has 1 saturated carbocycles. The number of nitrogens with one attached hydrogen (secondary N) is 1. The zero-order chi connectivity index (χ0) is 23.1. The second kappa shape index (κ2) is 8.72. The highest BCUT2D eigenvalue weighted by Crippen LogP contribution is 2.36. The summed E-state index contributed by atoms with van der Waals surface area (Å²) in [7, 11) is 0. The summed E-state index contributed by atoms with van der Waals surface area (Å²) < 4.78 is 6.75. The third-order valence-corrected chi connectivity index (χ3v) is 6.57. The first-order valence-electron chi connectivity index (χ1n) is 11.2. The zero-order valence-corrected chi connectivity index (χ0v) is 19.2. The fourth-order valence-corrected chi connectivity index (χ4v) is 4.83. The van der Waals surface area contributed by atoms with Crippen LogP contribution in [0, 0.1) is 11.8 Å². The second-order valence-corrected chi connectivity index (χ2v) is 9.38. The molecule has 0 radical (unpaired) electrons. The van der Waals surface area contributed by atoms with E-state index < -0.39 is 11.9 Å². The third-order valence-electron chi connectivity index (χ3n) is 6.37. The highest BCUT2D eigenvalue weighted by atomic mass is 35.5. The molecule has 4 aromatic rings. The first-order chi connectivity index (χ1) is 15.9. The maximum atomic E-state index is 11.5. The number of pyridine rings is 2. The Morgan fingerprint density at radius 3 is 2.70 bits per heavy atom. The topological polar surface area (TPSA) is 123 Å². The Kier molecular flexibility index (Phi) is 5.76. The van der Waals surface area contributed by atoms with Crippen molar-refractivity contribution in [2.75, 3.05) is 0 Å². The van der Waals surface area contributed by atoms with E-state index >= 15 is 0 Å². The van der Waals surface area contributed by atoms with E-state index in [4.69, 9.17) is 21.6 Å². The molecule has 2 N–H and O–H groups in total. The Morgan fingerprint density at radius 2 is 2.03 bits per heavy atom. The number of hydrogen-bond donors (Lipinski definition) is 2. The van der Waals surface area contributed by atoms with Crippen molar-refractivity contribution in [1.82, 2.24) is 29.7 Å². The molecule has 0 aromatic carbocycles. The van der Waals surface area contributed by atoms with Crippen molar-refractivity contribution < 1.29 is 9.63 Å². The Balaban J connectivity index is 1.73. The molecule has 10 heteroatoms. The number of aromatic nitrogens is 6. The first kappa shape index (κ1) is 21.8. The molecule has 0 spiro atoms. The van der Waals surface area contributed by atoms with Gasteiger partial charge in [-0.15, -0.1) is 0 Å². The number of fused-ring (bicyclic) bond motifs is 1. The number of nitrogens with zero attached hydrogens (tertiary/aromatic N) is 5. The Hall–Kier alpha value is -3.04. The molecule has 1 aliphatic rings. The molecule has 172 valence electrons. The molecule has 33 heavy (non-hydrogen) atoms. The van der Waals surface area contributed by atoms with E-state index in [0.717, 1.165) is 30.8 Å². The molecule has 0 aliphatic heterocycles. The number of H-pyrrole nitrogens is 1. The molecular weight excluding hydrogens is 444 g/mol. The fraction of sp³-hybridized carbons (Fsp3) is 0.435. The lowest BCUT2D eigenvalue weighted by Crippen LogP contribution is -2.20. The molecule has 1 aliphatic carbocycles. The van der Waals surface area contributed by atoms with Crippen LogP contribution in [0.5, 0.6) is 0 Å². The van der Waals surface area contributed by atoms with Crippen LogP contribution < -0.4 is 5.76 Å². The van der Waals surface area contributed by atoms with Crippen LogP contribution in [-0.4, -0.2) is 34.8 Å². The summed E-state index contributed by atoms with van der Waals surface area (Å²) in [6.45, 7) is 4.75. The quantitative estimate of drug-likeness (QED) is 0.445. The third kappa shape index (κ3) is 4.30. The molecule has 0 saturated heterocycles. The van der Waals surface area contributed by atoms with Gasteiger partial charge in [-0.3, -0.25) is 14.5 Å². The summed E-state index contributed by atoms with van der Waals surface area (Å²) in [4.78, 5) is 27.9. The molecule has 4 aromatic heterocycles. The van der Waals surface area contributed by atoms with Gasteiger partial charge in [-0.2, -0.15) is 0 Å². The summed E-state index contributed by atoms with van der Waals surface area (Å²) in [6, 6.07) is 3.53. The molecule has 5 rings (SSSR count). The zero-order valence-electron chi connectivity index (χ0n) is 18.5. The molecule has 0 bridgehead atoms. The van der Waals surface area contributed by atoms with Crippen LogP contribution in [0.1, 0.15) is 51.5 Å². The molecule has 1 unspecified atom stereocenters. The maximum Gasteiger partial charge on any atom is 0.439 e. The van der Waals surface area contributed by atoms with Crippen LogP contribution in [0.3, 0.4) is 0 Å². The first-order valence-corrected chi connectivity index (χ1v) is 11.5. The van der Waals surface area contributed by atoms with Crippen molar-refractivity contribution in [3.63, 3.8) is 0 Å². The Bertz CT molecular complexity index is 1350. The molecule has 1 atom stereocenters. The van der Waals surface area contributed by atoms with Gasteiger partial charge in [-0.25, -0.2) is 14.8 Å². The number of imidazole rings is 1. The van der Waals surface area contributed by atoms with Crippen molar-refractivity contribution in [2.24, 2.45) is 11.8 Å². The number of rotatable bonds is 5. The summed E-state index contributed by atoms with van der Waals surface area (Å²) in [5.74, 6) is 1.35. The standard InChI is InChI=1S/C23H25ClN6O3/c1-12-3-5-14(6-4-12)11-30-20-17(27-22(30)13(2)31)8-18(21-28-23(32)33-29-21)26-19(20)15-7-16(24)10-25-9-15/h7-10,12-14,31H,3-6,11H2,1-2H3,(H,28,29,32). The van der Waals surface area contributed by atoms with Gasteiger partial charge in [-0.05, 0) is 43.7 Å². The number of hydrogen-bond acceptors (Lipinski definition) is 7. The van der Waals surface area contributed by atoms with Gasteiger partial charge in [0.1, 0.15) is 17.6 Å². The van der Waals surface area contributed by atoms with Crippen LogP contribution in [0.15, 0.2) is 33.8 Å². The van der Waals surface area contributed by atoms with Crippen LogP contribution in [-0.2, 0) is 6.54 Å². The van der Waals surface area contributed by atoms with Gasteiger partial charge in [0, 0.05) is 24.5 Å². The van der Waals surface area contributed by atoms with Crippen molar-refractivity contribution in [3.8, 4) is 22.8 Å². The van der Waals surface area contributed by atoms with E-state index in [2.05, 4.69) is 31.1 Å². The van der Waals surface area contributed by atoms with Gasteiger partial charge in [0.05, 0.1) is 21.7 Å². The molecule has 0 amide bonds. The van der Waals surface area contributed by atoms with Gasteiger partial charge in [0.15, 0.2) is 0 Å². The molecular formula is C23H25ClN6O3. The van der Waals surface area contributed by atoms with Crippen molar-refractivity contribution in [2.45, 2.75) is 52.2 Å². The van der Waals surface area contributed by atoms with Gasteiger partial charge >= 0.3 is 5.76 Å². The van der Waals surface area contributed by atoms with Crippen LogP contribution >= 0.6 is 11.6 Å². The summed E-state index contributed by atoms with van der Waals surface area (Å²) in [5.41, 5.74) is 3.14. The average Bonchev–Trinajstić information content (AvgIpc) is 3.38. The lowest BCUT2D eigenvalue weighted by molar-refractivity contribution is 0.179. The van der Waals surface area contributed by atoms with Crippen molar-refractivity contribution in [1.29, 1.82) is 0 Å². The number of aliphatic hydroxyl groups excluding tert-OH is 1. The Labute approximate surface area is 194 Å². The van der Waals surface area contributed by atoms with Gasteiger partial charge in [0.25, 0.3) is 0 Å². The summed E-state index contributed by atoms with van der Waals surface area (Å²) in [6.07, 6.45) is 7.16. The average molecular weight is 469 g/mol. The van der Waals surface area contributed by atoms with Crippen LogP contribution in [0.4, 0.5) is 0 Å². The van der Waals surface area contributed by atoms with Crippen LogP contribution in [0.25, 0.3) is 33.8 Å².